The summed E-state index contributed by atoms with van der Waals surface area (Å²) in [7, 11) is 1.94. The smallest absolute Gasteiger partial charge is 0.369 e. The van der Waals surface area contributed by atoms with Crippen LogP contribution in [0.1, 0.15) is 18.4 Å². The molecule has 166 valence electrons. The summed E-state index contributed by atoms with van der Waals surface area (Å²) < 4.78 is 41.8. The van der Waals surface area contributed by atoms with Crippen LogP contribution in [0.4, 0.5) is 18.9 Å². The maximum Gasteiger partial charge on any atom is 0.393 e. The summed E-state index contributed by atoms with van der Waals surface area (Å²) in [6.45, 7) is 3.33. The highest BCUT2D eigenvalue weighted by Gasteiger charge is 2.50. The first-order chi connectivity index (χ1) is 14.9. The number of fused-ring (bicyclic) bond motifs is 1. The largest absolute Gasteiger partial charge is 0.393 e. The number of anilines is 1. The van der Waals surface area contributed by atoms with Crippen LogP contribution >= 0.6 is 0 Å². The highest BCUT2D eigenvalue weighted by molar-refractivity contribution is 5.92. The van der Waals surface area contributed by atoms with Crippen LogP contribution in [0.2, 0.25) is 0 Å². The Bertz CT molecular complexity index is 948. The van der Waals surface area contributed by atoms with Gasteiger partial charge in [-0.1, -0.05) is 0 Å². The zero-order valence-electron chi connectivity index (χ0n) is 17.6. The Hall–Kier alpha value is -2.44. The topological polar surface area (TPSA) is 68.1 Å². The third kappa shape index (κ3) is 4.60. The van der Waals surface area contributed by atoms with Crippen molar-refractivity contribution in [2.24, 2.45) is 17.8 Å². The van der Waals surface area contributed by atoms with Gasteiger partial charge in [0.15, 0.2) is 0 Å². The van der Waals surface area contributed by atoms with E-state index in [0.29, 0.717) is 41.3 Å². The van der Waals surface area contributed by atoms with Gasteiger partial charge in [0, 0.05) is 37.9 Å². The molecular formula is C22H27F3N6. The molecule has 2 aliphatic rings. The molecule has 31 heavy (non-hydrogen) atoms. The van der Waals surface area contributed by atoms with Crippen LogP contribution in [0.25, 0.3) is 11.0 Å². The van der Waals surface area contributed by atoms with Crippen molar-refractivity contribution < 1.29 is 13.2 Å². The molecule has 6 nitrogen and oxygen atoms in total. The van der Waals surface area contributed by atoms with Crippen LogP contribution in [0.3, 0.4) is 0 Å². The third-order valence-electron chi connectivity index (χ3n) is 6.62. The van der Waals surface area contributed by atoms with Gasteiger partial charge in [-0.05, 0) is 57.6 Å². The molecule has 2 aromatic rings. The molecule has 0 spiro atoms. The number of rotatable bonds is 5. The van der Waals surface area contributed by atoms with E-state index < -0.39 is 18.0 Å². The molecule has 2 fully saturated rings. The molecule has 0 bridgehead atoms. The molecule has 1 N–H and O–H groups in total. The van der Waals surface area contributed by atoms with Gasteiger partial charge < -0.3 is 15.1 Å². The van der Waals surface area contributed by atoms with E-state index in [4.69, 9.17) is 0 Å². The van der Waals surface area contributed by atoms with Crippen LogP contribution in [-0.4, -0.2) is 67.4 Å². The van der Waals surface area contributed by atoms with E-state index in [9.17, 15) is 18.4 Å². The van der Waals surface area contributed by atoms with E-state index >= 15 is 0 Å². The number of hydrogen-bond donors (Lipinski definition) is 1. The number of nitriles is 1. The van der Waals surface area contributed by atoms with Crippen molar-refractivity contribution in [3.8, 4) is 6.07 Å². The molecule has 1 aromatic carbocycles. The minimum absolute atomic E-state index is 0.0953. The fourth-order valence-electron chi connectivity index (χ4n) is 5.01. The summed E-state index contributed by atoms with van der Waals surface area (Å²) in [4.78, 5) is 12.5. The van der Waals surface area contributed by atoms with Crippen LogP contribution in [0.15, 0.2) is 24.5 Å². The van der Waals surface area contributed by atoms with Gasteiger partial charge in [0.25, 0.3) is 0 Å². The maximum absolute atomic E-state index is 13.9. The molecule has 0 amide bonds. The second-order valence-corrected chi connectivity index (χ2v) is 8.61. The van der Waals surface area contributed by atoms with Crippen molar-refractivity contribution in [1.29, 1.82) is 5.26 Å². The molecule has 0 saturated carbocycles. The van der Waals surface area contributed by atoms with Gasteiger partial charge >= 0.3 is 6.18 Å². The summed E-state index contributed by atoms with van der Waals surface area (Å²) in [5.41, 5.74) is 1.91. The second kappa shape index (κ2) is 8.97. The molecular weight excluding hydrogens is 405 g/mol. The first-order valence-electron chi connectivity index (χ1n) is 10.7. The second-order valence-electron chi connectivity index (χ2n) is 8.61. The van der Waals surface area contributed by atoms with Crippen molar-refractivity contribution in [2.45, 2.75) is 19.0 Å². The highest BCUT2D eigenvalue weighted by atomic mass is 19.4. The molecule has 1 unspecified atom stereocenters. The van der Waals surface area contributed by atoms with Crippen LogP contribution < -0.4 is 10.2 Å². The molecule has 2 aliphatic heterocycles. The van der Waals surface area contributed by atoms with E-state index in [0.717, 1.165) is 32.5 Å². The van der Waals surface area contributed by atoms with Crippen LogP contribution in [-0.2, 0) is 0 Å². The number of nitrogens with one attached hydrogen (secondary N) is 1. The number of alkyl halides is 3. The normalized spacial score (nSPS) is 23.4. The Kier molecular flexibility index (Phi) is 6.30. The van der Waals surface area contributed by atoms with E-state index in [2.05, 4.69) is 26.3 Å². The Morgan fingerprint density at radius 3 is 2.48 bits per heavy atom. The number of benzene rings is 1. The molecule has 2 saturated heterocycles. The van der Waals surface area contributed by atoms with Gasteiger partial charge in [-0.3, -0.25) is 9.97 Å². The van der Waals surface area contributed by atoms with Gasteiger partial charge in [-0.2, -0.15) is 18.4 Å². The zero-order valence-corrected chi connectivity index (χ0v) is 17.6. The predicted molar refractivity (Wildman–Crippen MR) is 113 cm³/mol. The molecule has 3 heterocycles. The van der Waals surface area contributed by atoms with Gasteiger partial charge in [0.1, 0.15) is 17.1 Å². The van der Waals surface area contributed by atoms with Crippen molar-refractivity contribution in [3.63, 3.8) is 0 Å². The van der Waals surface area contributed by atoms with E-state index in [1.165, 1.54) is 12.4 Å². The van der Waals surface area contributed by atoms with Crippen molar-refractivity contribution in [2.75, 3.05) is 51.2 Å². The summed E-state index contributed by atoms with van der Waals surface area (Å²) in [6, 6.07) is 5.41. The maximum atomic E-state index is 13.9. The van der Waals surface area contributed by atoms with Gasteiger partial charge in [0.2, 0.25) is 0 Å². The van der Waals surface area contributed by atoms with Crippen molar-refractivity contribution in [1.82, 2.24) is 20.2 Å². The van der Waals surface area contributed by atoms with Crippen molar-refractivity contribution >= 4 is 16.7 Å². The molecule has 0 radical (unpaired) electrons. The molecule has 1 aromatic heterocycles. The van der Waals surface area contributed by atoms with E-state index in [1.807, 2.05) is 7.05 Å². The van der Waals surface area contributed by atoms with Crippen LogP contribution in [0.5, 0.6) is 0 Å². The molecule has 0 aliphatic carbocycles. The standard InChI is InChI=1S/C22H27F3N6/c1-27-11-15-4-8-30(9-5-15)12-17-13-31(14-18(17)22(23,24)25)19-3-2-16(10-26)20-21(19)29-7-6-28-20/h2-3,6-7,15,17-18,27H,4-5,8-9,11-14H2,1H3/t17?,18-/m0/s1. The predicted octanol–water partition coefficient (Wildman–Crippen LogP) is 3.05. The van der Waals surface area contributed by atoms with Gasteiger partial charge in [-0.15, -0.1) is 0 Å². The SMILES string of the molecule is CNCC1CCN(CC2CN(c3ccc(C#N)c4nccnc34)C[C@@H]2C(F)(F)F)CC1. The zero-order chi connectivity index (χ0) is 22.0. The van der Waals surface area contributed by atoms with E-state index in [1.54, 1.807) is 17.0 Å². The molecule has 9 heteroatoms. The quantitative estimate of drug-likeness (QED) is 0.783. The fraction of sp³-hybridized carbons (Fsp3) is 0.591. The third-order valence-corrected chi connectivity index (χ3v) is 6.62. The molecule has 2 atom stereocenters. The summed E-state index contributed by atoms with van der Waals surface area (Å²) in [6.07, 6.45) is 0.790. The Labute approximate surface area is 180 Å². The molecule has 4 rings (SSSR count). The lowest BCUT2D eigenvalue weighted by atomic mass is 9.92. The fourth-order valence-corrected chi connectivity index (χ4v) is 5.01. The van der Waals surface area contributed by atoms with Gasteiger partial charge in [-0.25, -0.2) is 0 Å². The summed E-state index contributed by atoms with van der Waals surface area (Å²) >= 11 is 0. The van der Waals surface area contributed by atoms with Gasteiger partial charge in [0.05, 0.1) is 17.2 Å². The lowest BCUT2D eigenvalue weighted by molar-refractivity contribution is -0.180. The van der Waals surface area contributed by atoms with Crippen LogP contribution in [0, 0.1) is 29.1 Å². The number of halogens is 3. The highest BCUT2D eigenvalue weighted by Crippen LogP contribution is 2.41. The summed E-state index contributed by atoms with van der Waals surface area (Å²) in [5, 5.41) is 12.5. The Balaban J connectivity index is 1.54. The Morgan fingerprint density at radius 1 is 1.13 bits per heavy atom. The van der Waals surface area contributed by atoms with E-state index in [-0.39, 0.29) is 6.54 Å². The minimum atomic E-state index is -4.25. The lowest BCUT2D eigenvalue weighted by Crippen LogP contribution is -2.42. The number of aromatic nitrogens is 2. The number of nitrogens with zero attached hydrogens (tertiary/aromatic N) is 5. The monoisotopic (exact) mass is 432 g/mol. The first kappa shape index (κ1) is 21.8. The average Bonchev–Trinajstić information content (AvgIpc) is 3.18. The Morgan fingerprint density at radius 2 is 1.84 bits per heavy atom. The minimum Gasteiger partial charge on any atom is -0.369 e. The number of hydrogen-bond acceptors (Lipinski definition) is 6. The first-order valence-corrected chi connectivity index (χ1v) is 10.7. The number of likely N-dealkylation sites (tertiary alicyclic amines) is 1. The van der Waals surface area contributed by atoms with Crippen molar-refractivity contribution in [3.05, 3.63) is 30.1 Å². The lowest BCUT2D eigenvalue weighted by Gasteiger charge is -2.34. The summed E-state index contributed by atoms with van der Waals surface area (Å²) in [5.74, 6) is -1.28. The number of piperidine rings is 1. The average molecular weight is 432 g/mol.